The highest BCUT2D eigenvalue weighted by Gasteiger charge is 2.14. The molecular weight excluding hydrogens is 445 g/mol. The number of hydrogen-bond donors (Lipinski definition) is 3. The number of anilines is 2. The molecule has 0 fully saturated rings. The number of hydrogen-bond acceptors (Lipinski definition) is 7. The molecule has 2 aromatic carbocycles. The number of aliphatic hydroxyl groups is 1. The van der Waals surface area contributed by atoms with Crippen molar-refractivity contribution in [3.8, 4) is 23.3 Å². The van der Waals surface area contributed by atoms with E-state index in [-0.39, 0.29) is 22.9 Å². The number of amides is 1. The number of halogens is 2. The molecule has 0 unspecified atom stereocenters. The summed E-state index contributed by atoms with van der Waals surface area (Å²) in [6, 6.07) is 9.75. The highest BCUT2D eigenvalue weighted by atomic mass is 35.5. The summed E-state index contributed by atoms with van der Waals surface area (Å²) in [5.41, 5.74) is 0.619. The number of rotatable bonds is 10. The Morgan fingerprint density at radius 2 is 1.87 bits per heavy atom. The molecule has 0 aromatic heterocycles. The van der Waals surface area contributed by atoms with E-state index in [2.05, 4.69) is 10.6 Å². The zero-order chi connectivity index (χ0) is 22.8. The van der Waals surface area contributed by atoms with Gasteiger partial charge in [-0.25, -0.2) is 0 Å². The van der Waals surface area contributed by atoms with E-state index in [4.69, 9.17) is 42.5 Å². The maximum atomic E-state index is 12.5. The van der Waals surface area contributed by atoms with Crippen molar-refractivity contribution in [2.24, 2.45) is 0 Å². The fourth-order valence-electron chi connectivity index (χ4n) is 2.40. The Balaban J connectivity index is 2.16. The van der Waals surface area contributed by atoms with Gasteiger partial charge in [0.2, 0.25) is 0 Å². The van der Waals surface area contributed by atoms with Crippen LogP contribution in [0.3, 0.4) is 0 Å². The average Bonchev–Trinajstić information content (AvgIpc) is 2.76. The molecular formula is C21H21Cl2N3O5. The van der Waals surface area contributed by atoms with Crippen molar-refractivity contribution >= 4 is 40.5 Å². The van der Waals surface area contributed by atoms with Crippen molar-refractivity contribution in [1.82, 2.24) is 0 Å². The van der Waals surface area contributed by atoms with Gasteiger partial charge < -0.3 is 30.0 Å². The number of nitriles is 1. The molecule has 164 valence electrons. The molecule has 1 amide bonds. The lowest BCUT2D eigenvalue weighted by Crippen LogP contribution is -2.15. The molecule has 0 radical (unpaired) electrons. The standard InChI is InChI=1S/C21H21Cl2N3O5/c1-29-18-5-4-14(8-20(18)31-7-3-6-27)25-12-13(11-24)21(28)26-17-10-19(30-2)16(23)9-15(17)22/h4-5,8-10,12,25,27H,3,6-7H2,1-2H3,(H,26,28)/b13-12+. The van der Waals surface area contributed by atoms with E-state index in [0.29, 0.717) is 41.0 Å². The number of carbonyl (C=O) groups excluding carboxylic acids is 1. The van der Waals surface area contributed by atoms with Gasteiger partial charge in [0.25, 0.3) is 5.91 Å². The van der Waals surface area contributed by atoms with Crippen LogP contribution >= 0.6 is 23.2 Å². The normalized spacial score (nSPS) is 10.8. The molecule has 0 saturated heterocycles. The van der Waals surface area contributed by atoms with Crippen LogP contribution in [0.25, 0.3) is 0 Å². The summed E-state index contributed by atoms with van der Waals surface area (Å²) in [4.78, 5) is 12.5. The van der Waals surface area contributed by atoms with Gasteiger partial charge in [-0.3, -0.25) is 4.79 Å². The third kappa shape index (κ3) is 6.69. The Labute approximate surface area is 189 Å². The van der Waals surface area contributed by atoms with E-state index in [1.54, 1.807) is 18.2 Å². The van der Waals surface area contributed by atoms with Crippen LogP contribution < -0.4 is 24.8 Å². The fourth-order valence-corrected chi connectivity index (χ4v) is 2.91. The molecule has 0 aliphatic carbocycles. The van der Waals surface area contributed by atoms with Gasteiger partial charge in [0.1, 0.15) is 17.4 Å². The smallest absolute Gasteiger partial charge is 0.267 e. The SMILES string of the molecule is COc1cc(NC(=O)/C(C#N)=C/Nc2ccc(OC)c(OCCCO)c2)c(Cl)cc1Cl. The van der Waals surface area contributed by atoms with Gasteiger partial charge in [0.05, 0.1) is 36.6 Å². The first kappa shape index (κ1) is 24.2. The zero-order valence-corrected chi connectivity index (χ0v) is 18.4. The fraction of sp³-hybridized carbons (Fsp3) is 0.238. The lowest BCUT2D eigenvalue weighted by Gasteiger charge is -2.12. The number of nitrogens with zero attached hydrogens (tertiary/aromatic N) is 1. The van der Waals surface area contributed by atoms with Gasteiger partial charge in [-0.15, -0.1) is 0 Å². The summed E-state index contributed by atoms with van der Waals surface area (Å²) in [7, 11) is 2.94. The molecule has 0 heterocycles. The monoisotopic (exact) mass is 465 g/mol. The van der Waals surface area contributed by atoms with E-state index < -0.39 is 5.91 Å². The van der Waals surface area contributed by atoms with Crippen molar-refractivity contribution in [2.75, 3.05) is 38.1 Å². The number of nitrogens with one attached hydrogen (secondary N) is 2. The molecule has 0 saturated carbocycles. The second-order valence-corrected chi connectivity index (χ2v) is 6.84. The van der Waals surface area contributed by atoms with Gasteiger partial charge >= 0.3 is 0 Å². The molecule has 0 bridgehead atoms. The van der Waals surface area contributed by atoms with E-state index in [9.17, 15) is 10.1 Å². The molecule has 2 rings (SSSR count). The lowest BCUT2D eigenvalue weighted by atomic mass is 10.2. The average molecular weight is 466 g/mol. The van der Waals surface area contributed by atoms with Crippen molar-refractivity contribution in [2.45, 2.75) is 6.42 Å². The van der Waals surface area contributed by atoms with Gasteiger partial charge in [-0.1, -0.05) is 23.2 Å². The number of methoxy groups -OCH3 is 2. The van der Waals surface area contributed by atoms with E-state index in [0.717, 1.165) is 0 Å². The molecule has 10 heteroatoms. The molecule has 0 spiro atoms. The third-order valence-corrected chi connectivity index (χ3v) is 4.57. The minimum absolute atomic E-state index is 0.00709. The van der Waals surface area contributed by atoms with Crippen LogP contribution in [0.5, 0.6) is 17.2 Å². The number of carbonyl (C=O) groups is 1. The predicted octanol–water partition coefficient (Wildman–Crippen LogP) is 4.23. The largest absolute Gasteiger partial charge is 0.495 e. The highest BCUT2D eigenvalue weighted by molar-refractivity contribution is 6.37. The van der Waals surface area contributed by atoms with Gasteiger partial charge in [0, 0.05) is 37.0 Å². The van der Waals surface area contributed by atoms with E-state index in [1.165, 1.54) is 32.6 Å². The molecule has 3 N–H and O–H groups in total. The molecule has 0 aliphatic heterocycles. The molecule has 0 aliphatic rings. The topological polar surface area (TPSA) is 113 Å². The molecule has 8 nitrogen and oxygen atoms in total. The minimum Gasteiger partial charge on any atom is -0.495 e. The number of benzene rings is 2. The number of aliphatic hydroxyl groups excluding tert-OH is 1. The van der Waals surface area contributed by atoms with Crippen molar-refractivity contribution in [1.29, 1.82) is 5.26 Å². The maximum absolute atomic E-state index is 12.5. The second-order valence-electron chi connectivity index (χ2n) is 6.03. The third-order valence-electron chi connectivity index (χ3n) is 3.96. The molecule has 2 aromatic rings. The Hall–Kier alpha value is -3.12. The Morgan fingerprint density at radius 1 is 1.13 bits per heavy atom. The first-order valence-corrected chi connectivity index (χ1v) is 9.82. The van der Waals surface area contributed by atoms with Crippen LogP contribution in [0, 0.1) is 11.3 Å². The van der Waals surface area contributed by atoms with Crippen LogP contribution in [0.4, 0.5) is 11.4 Å². The second kappa shape index (κ2) is 11.9. The summed E-state index contributed by atoms with van der Waals surface area (Å²) in [6.07, 6.45) is 1.73. The van der Waals surface area contributed by atoms with Crippen molar-refractivity contribution < 1.29 is 24.1 Å². The summed E-state index contributed by atoms with van der Waals surface area (Å²) < 4.78 is 15.9. The quantitative estimate of drug-likeness (QED) is 0.273. The molecule has 0 atom stereocenters. The van der Waals surface area contributed by atoms with E-state index in [1.807, 2.05) is 6.07 Å². The van der Waals surface area contributed by atoms with Gasteiger partial charge in [-0.2, -0.15) is 5.26 Å². The summed E-state index contributed by atoms with van der Waals surface area (Å²) in [5.74, 6) is 0.623. The Kier molecular flexibility index (Phi) is 9.28. The number of ether oxygens (including phenoxy) is 3. The maximum Gasteiger partial charge on any atom is 0.267 e. The summed E-state index contributed by atoms with van der Waals surface area (Å²) in [5, 5.41) is 24.2. The van der Waals surface area contributed by atoms with E-state index >= 15 is 0 Å². The van der Waals surface area contributed by atoms with Crippen molar-refractivity contribution in [3.05, 3.63) is 52.2 Å². The van der Waals surface area contributed by atoms with Crippen molar-refractivity contribution in [3.63, 3.8) is 0 Å². The Morgan fingerprint density at radius 3 is 2.52 bits per heavy atom. The summed E-state index contributed by atoms with van der Waals surface area (Å²) >= 11 is 12.1. The van der Waals surface area contributed by atoms with Crippen LogP contribution in [0.15, 0.2) is 42.1 Å². The highest BCUT2D eigenvalue weighted by Crippen LogP contribution is 2.34. The van der Waals surface area contributed by atoms with Gasteiger partial charge in [-0.05, 0) is 18.2 Å². The van der Waals surface area contributed by atoms with Gasteiger partial charge in [0.15, 0.2) is 11.5 Å². The van der Waals surface area contributed by atoms with Crippen LogP contribution in [0.2, 0.25) is 10.0 Å². The predicted molar refractivity (Wildman–Crippen MR) is 119 cm³/mol. The Bertz CT molecular complexity index is 1010. The first-order chi connectivity index (χ1) is 14.9. The minimum atomic E-state index is -0.672. The zero-order valence-electron chi connectivity index (χ0n) is 16.9. The lowest BCUT2D eigenvalue weighted by molar-refractivity contribution is -0.112. The first-order valence-electron chi connectivity index (χ1n) is 9.06. The van der Waals surface area contributed by atoms with Crippen LogP contribution in [-0.2, 0) is 4.79 Å². The van der Waals surface area contributed by atoms with Crippen LogP contribution in [0.1, 0.15) is 6.42 Å². The van der Waals surface area contributed by atoms with Crippen LogP contribution in [-0.4, -0.2) is 38.4 Å². The molecule has 31 heavy (non-hydrogen) atoms. The summed E-state index contributed by atoms with van der Waals surface area (Å²) in [6.45, 7) is 0.316.